The molecule has 0 radical (unpaired) electrons. The van der Waals surface area contributed by atoms with Gasteiger partial charge in [0, 0.05) is 45.4 Å². The predicted molar refractivity (Wildman–Crippen MR) is 171 cm³/mol. The van der Waals surface area contributed by atoms with Crippen LogP contribution < -0.4 is 19.7 Å². The van der Waals surface area contributed by atoms with Crippen LogP contribution in [0.4, 0.5) is 26.1 Å². The van der Waals surface area contributed by atoms with Crippen LogP contribution in [0.15, 0.2) is 73.0 Å². The van der Waals surface area contributed by atoms with Crippen LogP contribution in [0.2, 0.25) is 0 Å². The number of anilines is 3. The second-order valence-corrected chi connectivity index (χ2v) is 13.2. The highest BCUT2D eigenvalue weighted by Gasteiger charge is 2.55. The van der Waals surface area contributed by atoms with E-state index in [0.717, 1.165) is 24.1 Å². The van der Waals surface area contributed by atoms with E-state index in [-0.39, 0.29) is 23.7 Å². The van der Waals surface area contributed by atoms with E-state index in [1.807, 2.05) is 18.2 Å². The summed E-state index contributed by atoms with van der Waals surface area (Å²) in [5.74, 6) is -3.76. The van der Waals surface area contributed by atoms with Crippen molar-refractivity contribution in [1.29, 1.82) is 0 Å². The second-order valence-electron chi connectivity index (χ2n) is 11.2. The highest BCUT2D eigenvalue weighted by atomic mass is 32.2. The number of halogens is 2. The lowest BCUT2D eigenvalue weighted by molar-refractivity contribution is -0.114. The zero-order chi connectivity index (χ0) is 33.2. The molecule has 0 spiro atoms. The summed E-state index contributed by atoms with van der Waals surface area (Å²) >= 11 is 0. The number of benzene rings is 1. The fourth-order valence-electron chi connectivity index (χ4n) is 5.93. The Morgan fingerprint density at radius 2 is 2.04 bits per heavy atom. The van der Waals surface area contributed by atoms with Crippen molar-refractivity contribution < 1.29 is 31.5 Å². The summed E-state index contributed by atoms with van der Waals surface area (Å²) in [6.07, 6.45) is 12.7. The fourth-order valence-corrected chi connectivity index (χ4v) is 6.62. The number of nitrogens with zero attached hydrogens (tertiary/aromatic N) is 4. The Morgan fingerprint density at radius 3 is 2.67 bits per heavy atom. The second kappa shape index (κ2) is 13.1. The van der Waals surface area contributed by atoms with Gasteiger partial charge in [0.1, 0.15) is 16.9 Å². The van der Waals surface area contributed by atoms with Gasteiger partial charge in [-0.25, -0.2) is 22.2 Å². The number of aromatic nitrogens is 2. The molecular weight excluding hydrogens is 604 g/mol. The lowest BCUT2D eigenvalue weighted by Crippen LogP contribution is -2.53. The Morgan fingerprint density at radius 1 is 1.31 bits per heavy atom. The SMILES string of the molecule is C=CCC(F)(F)c1cnc(N(C)c2ccc(NC(C)=O)cc2OC)nc1OC1(C=CC)CC2CC=CC=C2C1N(C)S(C)(=O)=O. The van der Waals surface area contributed by atoms with Gasteiger partial charge in [-0.05, 0) is 49.5 Å². The van der Waals surface area contributed by atoms with Crippen LogP contribution in [-0.2, 0) is 20.7 Å². The van der Waals surface area contributed by atoms with Crippen molar-refractivity contribution in [2.24, 2.45) is 5.92 Å². The first-order valence-corrected chi connectivity index (χ1v) is 16.2. The van der Waals surface area contributed by atoms with Gasteiger partial charge in [-0.3, -0.25) is 4.79 Å². The van der Waals surface area contributed by atoms with Crippen molar-refractivity contribution in [2.45, 2.75) is 50.7 Å². The van der Waals surface area contributed by atoms with Gasteiger partial charge in [-0.2, -0.15) is 9.29 Å². The number of sulfonamides is 1. The zero-order valence-electron chi connectivity index (χ0n) is 26.3. The molecule has 2 aliphatic carbocycles. The van der Waals surface area contributed by atoms with E-state index in [0.29, 0.717) is 30.0 Å². The van der Waals surface area contributed by atoms with E-state index in [4.69, 9.17) is 9.47 Å². The molecule has 0 aliphatic heterocycles. The van der Waals surface area contributed by atoms with Crippen molar-refractivity contribution in [3.05, 3.63) is 78.6 Å². The average molecular weight is 644 g/mol. The standard InChI is InChI=1S/C32H39F2N5O5S/c1-8-16-31(19-22-12-10-11-13-24(22)28(31)39(5)45(7,41)42)44-29-25(32(33,34)17-9-2)20-35-30(37-29)38(4)26-15-14-23(36-21(3)40)18-27(26)43-6/h8-11,13-16,18,20,22,28H,2,12,17,19H2,1,3-7H3,(H,36,40). The molecule has 0 bridgehead atoms. The third kappa shape index (κ3) is 6.94. The van der Waals surface area contributed by atoms with Crippen LogP contribution in [0.5, 0.6) is 11.6 Å². The number of hydrogen-bond donors (Lipinski definition) is 1. The van der Waals surface area contributed by atoms with Gasteiger partial charge in [-0.15, -0.1) is 6.58 Å². The first kappa shape index (κ1) is 33.8. The molecule has 4 rings (SSSR count). The number of fused-ring (bicyclic) bond motifs is 1. The molecule has 1 aromatic carbocycles. The van der Waals surface area contributed by atoms with E-state index < -0.39 is 39.6 Å². The van der Waals surface area contributed by atoms with Gasteiger partial charge < -0.3 is 19.7 Å². The van der Waals surface area contributed by atoms with Crippen molar-refractivity contribution in [1.82, 2.24) is 14.3 Å². The van der Waals surface area contributed by atoms with Crippen LogP contribution in [0, 0.1) is 5.92 Å². The van der Waals surface area contributed by atoms with Crippen LogP contribution in [0.1, 0.15) is 38.7 Å². The minimum Gasteiger partial charge on any atom is -0.494 e. The molecule has 242 valence electrons. The largest absolute Gasteiger partial charge is 0.494 e. The van der Waals surface area contributed by atoms with Crippen molar-refractivity contribution in [3.8, 4) is 11.6 Å². The monoisotopic (exact) mass is 643 g/mol. The van der Waals surface area contributed by atoms with E-state index in [1.165, 1.54) is 25.4 Å². The molecule has 10 nitrogen and oxygen atoms in total. The molecular formula is C32H39F2N5O5S. The number of rotatable bonds is 12. The van der Waals surface area contributed by atoms with Gasteiger partial charge in [0.05, 0.1) is 25.1 Å². The Balaban J connectivity index is 1.88. The Bertz CT molecular complexity index is 1660. The molecule has 45 heavy (non-hydrogen) atoms. The van der Waals surface area contributed by atoms with Crippen molar-refractivity contribution in [2.75, 3.05) is 37.7 Å². The number of likely N-dealkylation sites (N-methyl/N-ethyl adjacent to an activating group) is 1. The molecule has 13 heteroatoms. The number of amides is 1. The van der Waals surface area contributed by atoms with Crippen LogP contribution in [-0.4, -0.2) is 67.7 Å². The van der Waals surface area contributed by atoms with Gasteiger partial charge in [0.2, 0.25) is 27.8 Å². The summed E-state index contributed by atoms with van der Waals surface area (Å²) in [6.45, 7) is 6.63. The summed E-state index contributed by atoms with van der Waals surface area (Å²) in [4.78, 5) is 21.9. The number of ether oxygens (including phenoxy) is 2. The number of carbonyl (C=O) groups is 1. The molecule has 3 unspecified atom stereocenters. The Kier molecular flexibility index (Phi) is 9.83. The van der Waals surface area contributed by atoms with E-state index >= 15 is 8.78 Å². The van der Waals surface area contributed by atoms with Crippen LogP contribution >= 0.6 is 0 Å². The number of carbonyl (C=O) groups excluding carboxylic acids is 1. The first-order valence-electron chi connectivity index (χ1n) is 14.4. The molecule has 1 N–H and O–H groups in total. The topological polar surface area (TPSA) is 114 Å². The normalized spacial score (nSPS) is 21.4. The van der Waals surface area contributed by atoms with Crippen LogP contribution in [0.25, 0.3) is 0 Å². The lowest BCUT2D eigenvalue weighted by Gasteiger charge is -2.38. The van der Waals surface area contributed by atoms with Crippen LogP contribution in [0.3, 0.4) is 0 Å². The van der Waals surface area contributed by atoms with Gasteiger partial charge in [0.15, 0.2) is 0 Å². The van der Waals surface area contributed by atoms with Crippen molar-refractivity contribution >= 4 is 33.3 Å². The maximum atomic E-state index is 15.6. The molecule has 1 saturated carbocycles. The summed E-state index contributed by atoms with van der Waals surface area (Å²) in [7, 11) is 0.832. The minimum atomic E-state index is -3.73. The number of allylic oxidation sites excluding steroid dienone is 5. The zero-order valence-corrected chi connectivity index (χ0v) is 27.1. The first-order chi connectivity index (χ1) is 21.2. The maximum Gasteiger partial charge on any atom is 0.283 e. The maximum absolute atomic E-state index is 15.6. The summed E-state index contributed by atoms with van der Waals surface area (Å²) in [5.41, 5.74) is -0.0982. The third-order valence-corrected chi connectivity index (χ3v) is 9.24. The lowest BCUT2D eigenvalue weighted by atomic mass is 9.93. The summed E-state index contributed by atoms with van der Waals surface area (Å²) in [6, 6.07) is 4.13. The van der Waals surface area contributed by atoms with E-state index in [9.17, 15) is 13.2 Å². The molecule has 0 saturated heterocycles. The number of hydrogen-bond acceptors (Lipinski definition) is 8. The highest BCUT2D eigenvalue weighted by Crippen LogP contribution is 2.50. The van der Waals surface area contributed by atoms with E-state index in [1.54, 1.807) is 49.2 Å². The third-order valence-electron chi connectivity index (χ3n) is 7.98. The highest BCUT2D eigenvalue weighted by molar-refractivity contribution is 7.88. The fraction of sp³-hybridized carbons (Fsp3) is 0.406. The van der Waals surface area contributed by atoms with Gasteiger partial charge >= 0.3 is 0 Å². The predicted octanol–water partition coefficient (Wildman–Crippen LogP) is 5.74. The molecule has 1 amide bonds. The minimum absolute atomic E-state index is 0.0219. The van der Waals surface area contributed by atoms with Crippen molar-refractivity contribution in [3.63, 3.8) is 0 Å². The molecule has 2 aliphatic rings. The Labute approximate surface area is 263 Å². The van der Waals surface area contributed by atoms with E-state index in [2.05, 4.69) is 21.9 Å². The molecule has 1 aromatic heterocycles. The molecule has 3 atom stereocenters. The summed E-state index contributed by atoms with van der Waals surface area (Å²) in [5, 5.41) is 2.69. The smallest absolute Gasteiger partial charge is 0.283 e. The Hall–Kier alpha value is -4.10. The number of methoxy groups -OCH3 is 1. The average Bonchev–Trinajstić information content (AvgIpc) is 3.28. The molecule has 1 heterocycles. The number of alkyl halides is 2. The molecule has 1 fully saturated rings. The summed E-state index contributed by atoms with van der Waals surface area (Å²) < 4.78 is 70.4. The number of nitrogens with one attached hydrogen (secondary N) is 1. The quantitative estimate of drug-likeness (QED) is 0.292. The molecule has 2 aromatic rings. The van der Waals surface area contributed by atoms with Gasteiger partial charge in [-0.1, -0.05) is 30.4 Å². The van der Waals surface area contributed by atoms with Gasteiger partial charge in [0.25, 0.3) is 5.92 Å².